The second-order valence-corrected chi connectivity index (χ2v) is 7.91. The van der Waals surface area contributed by atoms with E-state index in [9.17, 15) is 4.79 Å². The van der Waals surface area contributed by atoms with Gasteiger partial charge in [-0.15, -0.1) is 17.9 Å². The average Bonchev–Trinajstić information content (AvgIpc) is 3.38. The summed E-state index contributed by atoms with van der Waals surface area (Å²) in [5.74, 6) is 1.94. The molecule has 0 radical (unpaired) electrons. The quantitative estimate of drug-likeness (QED) is 0.189. The van der Waals surface area contributed by atoms with E-state index in [1.165, 1.54) is 11.3 Å². The highest BCUT2D eigenvalue weighted by molar-refractivity contribution is 7.99. The summed E-state index contributed by atoms with van der Waals surface area (Å²) in [6.07, 6.45) is 6.60. The Bertz CT molecular complexity index is 1150. The lowest BCUT2D eigenvalue weighted by Gasteiger charge is -2.09. The summed E-state index contributed by atoms with van der Waals surface area (Å²) in [4.78, 5) is 25.7. The number of fused-ring (bicyclic) bond motifs is 1. The van der Waals surface area contributed by atoms with Gasteiger partial charge in [-0.1, -0.05) is 23.0 Å². The summed E-state index contributed by atoms with van der Waals surface area (Å²) in [5, 5.41) is 6.61. The normalized spacial score (nSPS) is 11.1. The number of hydrogen-bond donors (Lipinski definition) is 0. The van der Waals surface area contributed by atoms with E-state index in [0.717, 1.165) is 23.3 Å². The van der Waals surface area contributed by atoms with E-state index in [4.69, 9.17) is 4.52 Å². The lowest BCUT2D eigenvalue weighted by atomic mass is 10.2. The molecule has 9 heteroatoms. The maximum Gasteiger partial charge on any atom is 0.272 e. The molecule has 0 saturated carbocycles. The lowest BCUT2D eigenvalue weighted by Crippen LogP contribution is -2.22. The number of pyridine rings is 1. The molecule has 0 atom stereocenters. The zero-order valence-corrected chi connectivity index (χ0v) is 16.6. The minimum Gasteiger partial charge on any atom is -0.339 e. The molecular formula is C19H17N5O2S2. The molecule has 4 aromatic heterocycles. The van der Waals surface area contributed by atoms with Crippen molar-refractivity contribution in [3.05, 3.63) is 64.9 Å². The number of hydrogen-bond acceptors (Lipinski definition) is 8. The molecule has 0 N–H and O–H groups in total. The van der Waals surface area contributed by atoms with Crippen LogP contribution in [-0.4, -0.2) is 30.4 Å². The van der Waals surface area contributed by atoms with Crippen LogP contribution in [-0.2, 0) is 13.0 Å². The van der Waals surface area contributed by atoms with Gasteiger partial charge in [0.2, 0.25) is 11.7 Å². The summed E-state index contributed by atoms with van der Waals surface area (Å²) in [6, 6.07) is 5.56. The molecule has 0 aliphatic carbocycles. The molecule has 0 aromatic carbocycles. The Labute approximate surface area is 169 Å². The Hall–Kier alpha value is -2.78. The highest BCUT2D eigenvalue weighted by Crippen LogP contribution is 2.22. The van der Waals surface area contributed by atoms with Gasteiger partial charge in [-0.3, -0.25) is 14.3 Å². The van der Waals surface area contributed by atoms with Crippen LogP contribution in [0.15, 0.2) is 63.1 Å². The van der Waals surface area contributed by atoms with Crippen LogP contribution < -0.4 is 5.56 Å². The molecule has 0 saturated heterocycles. The molecular weight excluding hydrogens is 394 g/mol. The van der Waals surface area contributed by atoms with E-state index in [-0.39, 0.29) is 5.56 Å². The molecule has 0 fully saturated rings. The van der Waals surface area contributed by atoms with Crippen molar-refractivity contribution in [2.45, 2.75) is 24.5 Å². The minimum atomic E-state index is -0.0127. The maximum atomic E-state index is 12.6. The second kappa shape index (κ2) is 8.49. The maximum absolute atomic E-state index is 12.6. The van der Waals surface area contributed by atoms with Crippen molar-refractivity contribution in [1.82, 2.24) is 24.7 Å². The summed E-state index contributed by atoms with van der Waals surface area (Å²) in [6.45, 7) is 4.19. The molecule has 4 aromatic rings. The molecule has 0 aliphatic rings. The van der Waals surface area contributed by atoms with E-state index in [1.807, 2.05) is 23.6 Å². The summed E-state index contributed by atoms with van der Waals surface area (Å²) >= 11 is 2.97. The van der Waals surface area contributed by atoms with Crippen LogP contribution in [0.1, 0.15) is 12.3 Å². The summed E-state index contributed by atoms with van der Waals surface area (Å²) in [7, 11) is 0. The monoisotopic (exact) mass is 411 g/mol. The summed E-state index contributed by atoms with van der Waals surface area (Å²) in [5.41, 5.74) is 1.61. The van der Waals surface area contributed by atoms with Gasteiger partial charge < -0.3 is 4.52 Å². The number of allylic oxidation sites excluding steroid dienone is 1. The van der Waals surface area contributed by atoms with Crippen molar-refractivity contribution >= 4 is 33.3 Å². The van der Waals surface area contributed by atoms with Crippen LogP contribution in [0.2, 0.25) is 0 Å². The van der Waals surface area contributed by atoms with Crippen LogP contribution in [0.25, 0.3) is 21.6 Å². The first-order valence-corrected chi connectivity index (χ1v) is 10.6. The third-order valence-electron chi connectivity index (χ3n) is 4.02. The Morgan fingerprint density at radius 2 is 2.11 bits per heavy atom. The molecule has 4 rings (SSSR count). The number of thioether (sulfide) groups is 1. The highest BCUT2D eigenvalue weighted by atomic mass is 32.2. The lowest BCUT2D eigenvalue weighted by molar-refractivity contribution is 0.378. The van der Waals surface area contributed by atoms with Gasteiger partial charge >= 0.3 is 0 Å². The van der Waals surface area contributed by atoms with Gasteiger partial charge in [-0.2, -0.15) is 4.98 Å². The summed E-state index contributed by atoms with van der Waals surface area (Å²) < 4.78 is 7.68. The van der Waals surface area contributed by atoms with Crippen LogP contribution in [0.3, 0.4) is 0 Å². The Morgan fingerprint density at radius 1 is 1.25 bits per heavy atom. The molecule has 0 spiro atoms. The van der Waals surface area contributed by atoms with Gasteiger partial charge in [-0.05, 0) is 30.0 Å². The van der Waals surface area contributed by atoms with Crippen molar-refractivity contribution in [3.63, 3.8) is 0 Å². The zero-order chi connectivity index (χ0) is 19.3. The number of nitrogens with zero attached hydrogens (tertiary/aromatic N) is 5. The fourth-order valence-corrected chi connectivity index (χ4v) is 4.41. The molecule has 28 heavy (non-hydrogen) atoms. The average molecular weight is 412 g/mol. The Balaban J connectivity index is 1.40. The van der Waals surface area contributed by atoms with Crippen LogP contribution in [0, 0.1) is 0 Å². The van der Waals surface area contributed by atoms with E-state index in [1.54, 1.807) is 34.8 Å². The largest absolute Gasteiger partial charge is 0.339 e. The minimum absolute atomic E-state index is 0.0127. The topological polar surface area (TPSA) is 86.7 Å². The highest BCUT2D eigenvalue weighted by Gasteiger charge is 2.12. The first kappa shape index (κ1) is 18.6. The second-order valence-electron chi connectivity index (χ2n) is 5.93. The molecule has 4 heterocycles. The van der Waals surface area contributed by atoms with Crippen molar-refractivity contribution < 1.29 is 4.52 Å². The third-order valence-corrected chi connectivity index (χ3v) is 5.97. The molecule has 0 amide bonds. The van der Waals surface area contributed by atoms with Crippen molar-refractivity contribution in [3.8, 4) is 11.4 Å². The standard InChI is InChI=1S/C19H17N5O2S2/c1-2-10-24-18(25)16-14(7-12-27-16)21-19(24)28-11-3-4-15-22-17(23-26-15)13-5-8-20-9-6-13/h2,5-9,12H,1,3-4,10-11H2. The first-order chi connectivity index (χ1) is 13.8. The Kier molecular flexibility index (Phi) is 5.63. The Morgan fingerprint density at radius 3 is 2.93 bits per heavy atom. The molecule has 7 nitrogen and oxygen atoms in total. The molecule has 0 bridgehead atoms. The number of rotatable bonds is 8. The molecule has 0 aliphatic heterocycles. The fraction of sp³-hybridized carbons (Fsp3) is 0.211. The van der Waals surface area contributed by atoms with E-state index in [2.05, 4.69) is 26.7 Å². The molecule has 142 valence electrons. The number of aryl methyl sites for hydroxylation is 1. The predicted molar refractivity (Wildman–Crippen MR) is 111 cm³/mol. The van der Waals surface area contributed by atoms with Gasteiger partial charge in [0.05, 0.1) is 5.52 Å². The van der Waals surface area contributed by atoms with Gasteiger partial charge in [0.15, 0.2) is 5.16 Å². The van der Waals surface area contributed by atoms with Crippen LogP contribution >= 0.6 is 23.1 Å². The smallest absolute Gasteiger partial charge is 0.272 e. The van der Waals surface area contributed by atoms with E-state index >= 15 is 0 Å². The van der Waals surface area contributed by atoms with Crippen LogP contribution in [0.5, 0.6) is 0 Å². The van der Waals surface area contributed by atoms with E-state index < -0.39 is 0 Å². The molecule has 0 unspecified atom stereocenters. The number of aromatic nitrogens is 5. The van der Waals surface area contributed by atoms with Crippen molar-refractivity contribution in [2.75, 3.05) is 5.75 Å². The van der Waals surface area contributed by atoms with Crippen molar-refractivity contribution in [1.29, 1.82) is 0 Å². The van der Waals surface area contributed by atoms with Gasteiger partial charge in [0, 0.05) is 36.7 Å². The van der Waals surface area contributed by atoms with Gasteiger partial charge in [0.25, 0.3) is 5.56 Å². The SMILES string of the molecule is C=CCn1c(SCCCc2nc(-c3ccncc3)no2)nc2ccsc2c1=O. The van der Waals surface area contributed by atoms with Gasteiger partial charge in [-0.25, -0.2) is 4.98 Å². The first-order valence-electron chi connectivity index (χ1n) is 8.71. The predicted octanol–water partition coefficient (Wildman–Crippen LogP) is 3.81. The van der Waals surface area contributed by atoms with Crippen LogP contribution in [0.4, 0.5) is 0 Å². The van der Waals surface area contributed by atoms with Gasteiger partial charge in [0.1, 0.15) is 4.70 Å². The third kappa shape index (κ3) is 3.90. The fourth-order valence-electron chi connectivity index (χ4n) is 2.69. The van der Waals surface area contributed by atoms with E-state index in [0.29, 0.717) is 34.5 Å². The van der Waals surface area contributed by atoms with Crippen molar-refractivity contribution in [2.24, 2.45) is 0 Å². The number of thiophene rings is 1. The zero-order valence-electron chi connectivity index (χ0n) is 14.9.